The summed E-state index contributed by atoms with van der Waals surface area (Å²) in [5, 5.41) is 6.42. The van der Waals surface area contributed by atoms with Crippen LogP contribution in [-0.4, -0.2) is 31.1 Å². The van der Waals surface area contributed by atoms with Crippen LogP contribution in [0.5, 0.6) is 5.75 Å². The van der Waals surface area contributed by atoms with Crippen LogP contribution in [0.4, 0.5) is 0 Å². The van der Waals surface area contributed by atoms with Crippen LogP contribution in [0.3, 0.4) is 0 Å². The summed E-state index contributed by atoms with van der Waals surface area (Å²) in [5.41, 5.74) is 2.17. The van der Waals surface area contributed by atoms with Crippen LogP contribution >= 0.6 is 24.0 Å². The molecule has 0 aliphatic rings. The van der Waals surface area contributed by atoms with Gasteiger partial charge in [0.05, 0.1) is 18.8 Å². The minimum atomic E-state index is 0. The number of nitrogens with zero attached hydrogens (tertiary/aromatic N) is 2. The number of aliphatic imine (C=N–C) groups is 1. The molecule has 124 valence electrons. The topological polar surface area (TPSA) is 58.5 Å². The van der Waals surface area contributed by atoms with Crippen molar-refractivity contribution < 1.29 is 4.74 Å². The highest BCUT2D eigenvalue weighted by atomic mass is 127. The number of pyridine rings is 1. The Balaban J connectivity index is 0.00000264. The molecular weight excluding hydrogens is 403 g/mol. The van der Waals surface area contributed by atoms with Crippen molar-refractivity contribution in [2.75, 3.05) is 20.2 Å². The van der Waals surface area contributed by atoms with Gasteiger partial charge in [0.25, 0.3) is 0 Å². The van der Waals surface area contributed by atoms with Crippen LogP contribution in [0.15, 0.2) is 53.7 Å². The van der Waals surface area contributed by atoms with E-state index in [0.29, 0.717) is 19.7 Å². The van der Waals surface area contributed by atoms with Crippen molar-refractivity contribution in [2.45, 2.75) is 13.5 Å². The Morgan fingerprint density at radius 3 is 2.74 bits per heavy atom. The maximum Gasteiger partial charge on any atom is 0.191 e. The van der Waals surface area contributed by atoms with Crippen molar-refractivity contribution in [1.29, 1.82) is 0 Å². The summed E-state index contributed by atoms with van der Waals surface area (Å²) >= 11 is 0. The monoisotopic (exact) mass is 426 g/mol. The van der Waals surface area contributed by atoms with Crippen molar-refractivity contribution in [3.63, 3.8) is 0 Å². The van der Waals surface area contributed by atoms with Crippen molar-refractivity contribution in [2.24, 2.45) is 4.99 Å². The van der Waals surface area contributed by atoms with Gasteiger partial charge in [-0.2, -0.15) is 0 Å². The van der Waals surface area contributed by atoms with Crippen LogP contribution in [0.2, 0.25) is 0 Å². The third-order valence-electron chi connectivity index (χ3n) is 3.04. The Hall–Kier alpha value is -1.83. The average molecular weight is 426 g/mol. The standard InChI is InChI=1S/C17H22N4O.HI/c1-14-6-5-8-16(12-14)22-11-10-20-17(18-2)21-13-15-7-3-4-9-19-15;/h3-9,12H,10-11,13H2,1-2H3,(H2,18,20,21);1H. The first kappa shape index (κ1) is 19.2. The van der Waals surface area contributed by atoms with Crippen molar-refractivity contribution in [1.82, 2.24) is 15.6 Å². The second-order valence-electron chi connectivity index (χ2n) is 4.84. The molecular formula is C17H23IN4O. The molecule has 1 aromatic carbocycles. The smallest absolute Gasteiger partial charge is 0.191 e. The predicted molar refractivity (Wildman–Crippen MR) is 105 cm³/mol. The molecule has 2 N–H and O–H groups in total. The Morgan fingerprint density at radius 1 is 1.17 bits per heavy atom. The number of halogens is 1. The van der Waals surface area contributed by atoms with E-state index in [4.69, 9.17) is 4.74 Å². The number of guanidine groups is 1. The molecule has 0 unspecified atom stereocenters. The number of aryl methyl sites for hydroxylation is 1. The average Bonchev–Trinajstić information content (AvgIpc) is 2.55. The maximum absolute atomic E-state index is 5.69. The highest BCUT2D eigenvalue weighted by Crippen LogP contribution is 2.11. The molecule has 23 heavy (non-hydrogen) atoms. The van der Waals surface area contributed by atoms with Crippen LogP contribution in [-0.2, 0) is 6.54 Å². The van der Waals surface area contributed by atoms with Gasteiger partial charge in [-0.3, -0.25) is 9.98 Å². The summed E-state index contributed by atoms with van der Waals surface area (Å²) in [6.45, 7) is 3.94. The Kier molecular flexibility index (Phi) is 9.04. The zero-order valence-electron chi connectivity index (χ0n) is 13.5. The molecule has 0 aliphatic carbocycles. The molecule has 0 saturated carbocycles. The first-order chi connectivity index (χ1) is 10.8. The predicted octanol–water partition coefficient (Wildman–Crippen LogP) is 2.75. The summed E-state index contributed by atoms with van der Waals surface area (Å²) in [6.07, 6.45) is 1.78. The van der Waals surface area contributed by atoms with Gasteiger partial charge >= 0.3 is 0 Å². The quantitative estimate of drug-likeness (QED) is 0.323. The van der Waals surface area contributed by atoms with Crippen LogP contribution < -0.4 is 15.4 Å². The Labute approximate surface area is 154 Å². The fourth-order valence-corrected chi connectivity index (χ4v) is 1.94. The third kappa shape index (κ3) is 7.32. The summed E-state index contributed by atoms with van der Waals surface area (Å²) in [7, 11) is 1.75. The lowest BCUT2D eigenvalue weighted by Crippen LogP contribution is -2.39. The molecule has 0 saturated heterocycles. The molecule has 2 aromatic rings. The zero-order chi connectivity index (χ0) is 15.6. The normalized spacial score (nSPS) is 10.6. The number of rotatable bonds is 6. The molecule has 1 aromatic heterocycles. The molecule has 0 bridgehead atoms. The molecule has 0 radical (unpaired) electrons. The van der Waals surface area contributed by atoms with Gasteiger partial charge in [-0.15, -0.1) is 24.0 Å². The summed E-state index contributed by atoms with van der Waals surface area (Å²) < 4.78 is 5.69. The lowest BCUT2D eigenvalue weighted by Gasteiger charge is -2.12. The molecule has 0 spiro atoms. The fourth-order valence-electron chi connectivity index (χ4n) is 1.94. The van der Waals surface area contributed by atoms with E-state index in [2.05, 4.69) is 33.6 Å². The number of hydrogen-bond donors (Lipinski definition) is 2. The van der Waals surface area contributed by atoms with E-state index in [1.807, 2.05) is 36.4 Å². The molecule has 6 heteroatoms. The molecule has 0 fully saturated rings. The zero-order valence-corrected chi connectivity index (χ0v) is 15.8. The number of ether oxygens (including phenoxy) is 1. The Bertz CT molecular complexity index is 605. The van der Waals surface area contributed by atoms with E-state index < -0.39 is 0 Å². The maximum atomic E-state index is 5.69. The van der Waals surface area contributed by atoms with Crippen LogP contribution in [0, 0.1) is 6.92 Å². The van der Waals surface area contributed by atoms with Crippen molar-refractivity contribution in [3.8, 4) is 5.75 Å². The molecule has 0 atom stereocenters. The summed E-state index contributed by atoms with van der Waals surface area (Å²) in [5.74, 6) is 1.62. The Morgan fingerprint density at radius 2 is 2.04 bits per heavy atom. The van der Waals surface area contributed by atoms with Crippen LogP contribution in [0.1, 0.15) is 11.3 Å². The van der Waals surface area contributed by atoms with Crippen LogP contribution in [0.25, 0.3) is 0 Å². The fraction of sp³-hybridized carbons (Fsp3) is 0.294. The second-order valence-corrected chi connectivity index (χ2v) is 4.84. The van der Waals surface area contributed by atoms with Gasteiger partial charge in [0.1, 0.15) is 12.4 Å². The minimum Gasteiger partial charge on any atom is -0.492 e. The SMILES string of the molecule is CN=C(NCCOc1cccc(C)c1)NCc1ccccn1.I. The molecule has 1 heterocycles. The van der Waals surface area contributed by atoms with Gasteiger partial charge in [0.15, 0.2) is 5.96 Å². The van der Waals surface area contributed by atoms with E-state index in [9.17, 15) is 0 Å². The first-order valence-electron chi connectivity index (χ1n) is 7.32. The van der Waals surface area contributed by atoms with E-state index in [1.165, 1.54) is 5.56 Å². The van der Waals surface area contributed by atoms with Crippen molar-refractivity contribution >= 4 is 29.9 Å². The van der Waals surface area contributed by atoms with Gasteiger partial charge < -0.3 is 15.4 Å². The largest absolute Gasteiger partial charge is 0.492 e. The summed E-state index contributed by atoms with van der Waals surface area (Å²) in [4.78, 5) is 8.43. The number of aromatic nitrogens is 1. The first-order valence-corrected chi connectivity index (χ1v) is 7.32. The molecule has 0 amide bonds. The molecule has 2 rings (SSSR count). The van der Waals surface area contributed by atoms with E-state index in [-0.39, 0.29) is 24.0 Å². The van der Waals surface area contributed by atoms with Gasteiger partial charge in [-0.25, -0.2) is 0 Å². The minimum absolute atomic E-state index is 0. The highest BCUT2D eigenvalue weighted by Gasteiger charge is 1.99. The number of hydrogen-bond acceptors (Lipinski definition) is 3. The van der Waals surface area contributed by atoms with Gasteiger partial charge in [-0.05, 0) is 36.8 Å². The van der Waals surface area contributed by atoms with E-state index >= 15 is 0 Å². The highest BCUT2D eigenvalue weighted by molar-refractivity contribution is 14.0. The van der Waals surface area contributed by atoms with Gasteiger partial charge in [-0.1, -0.05) is 18.2 Å². The third-order valence-corrected chi connectivity index (χ3v) is 3.04. The van der Waals surface area contributed by atoms with Crippen molar-refractivity contribution in [3.05, 3.63) is 59.9 Å². The number of nitrogens with one attached hydrogen (secondary N) is 2. The molecule has 5 nitrogen and oxygen atoms in total. The lowest BCUT2D eigenvalue weighted by atomic mass is 10.2. The van der Waals surface area contributed by atoms with E-state index in [0.717, 1.165) is 17.4 Å². The van der Waals surface area contributed by atoms with E-state index in [1.54, 1.807) is 13.2 Å². The second kappa shape index (κ2) is 10.8. The lowest BCUT2D eigenvalue weighted by molar-refractivity contribution is 0.321. The molecule has 0 aliphatic heterocycles. The summed E-state index contributed by atoms with van der Waals surface area (Å²) in [6, 6.07) is 13.9. The van der Waals surface area contributed by atoms with Gasteiger partial charge in [0.2, 0.25) is 0 Å². The van der Waals surface area contributed by atoms with Gasteiger partial charge in [0, 0.05) is 13.2 Å². The number of benzene rings is 1.